The van der Waals surface area contributed by atoms with Crippen LogP contribution in [0.1, 0.15) is 32.6 Å². The maximum absolute atomic E-state index is 11.8. The molecule has 5 nitrogen and oxygen atoms in total. The van der Waals surface area contributed by atoms with Gasteiger partial charge in [-0.25, -0.2) is 0 Å². The Hall–Kier alpha value is -0.0700. The van der Waals surface area contributed by atoms with E-state index in [2.05, 4.69) is 27.4 Å². The molecule has 0 spiro atoms. The standard InChI is InChI=1S/C15H30N4O.2ClH/c1-14(19-9-2-3-10-19)4-5-15(20)17-8-13-18-11-6-16-7-12-18;;/h14,16H,2-13H2,1H3,(H,17,20);2*1H. The molecule has 2 rings (SSSR count). The molecule has 0 aromatic rings. The van der Waals surface area contributed by atoms with Crippen LogP contribution in [0.25, 0.3) is 0 Å². The topological polar surface area (TPSA) is 47.6 Å². The number of nitrogens with zero attached hydrogens (tertiary/aromatic N) is 2. The van der Waals surface area contributed by atoms with E-state index in [4.69, 9.17) is 0 Å². The second kappa shape index (κ2) is 12.4. The zero-order valence-electron chi connectivity index (χ0n) is 13.7. The molecule has 0 aliphatic carbocycles. The molecule has 1 amide bonds. The fourth-order valence-electron chi connectivity index (χ4n) is 3.08. The van der Waals surface area contributed by atoms with E-state index in [9.17, 15) is 4.79 Å². The lowest BCUT2D eigenvalue weighted by Gasteiger charge is -2.27. The van der Waals surface area contributed by atoms with Crippen molar-refractivity contribution in [3.63, 3.8) is 0 Å². The van der Waals surface area contributed by atoms with Gasteiger partial charge in [0.1, 0.15) is 0 Å². The summed E-state index contributed by atoms with van der Waals surface area (Å²) >= 11 is 0. The molecule has 1 atom stereocenters. The second-order valence-electron chi connectivity index (χ2n) is 6.07. The van der Waals surface area contributed by atoms with E-state index in [-0.39, 0.29) is 30.7 Å². The Balaban J connectivity index is 0.00000220. The number of amides is 1. The van der Waals surface area contributed by atoms with Crippen molar-refractivity contribution in [2.75, 3.05) is 52.4 Å². The van der Waals surface area contributed by atoms with Crippen LogP contribution in [0.5, 0.6) is 0 Å². The second-order valence-corrected chi connectivity index (χ2v) is 6.07. The largest absolute Gasteiger partial charge is 0.355 e. The first-order chi connectivity index (χ1) is 9.75. The Morgan fingerprint density at radius 2 is 1.77 bits per heavy atom. The quantitative estimate of drug-likeness (QED) is 0.719. The molecule has 2 heterocycles. The third kappa shape index (κ3) is 7.97. The minimum Gasteiger partial charge on any atom is -0.355 e. The fourth-order valence-corrected chi connectivity index (χ4v) is 3.08. The lowest BCUT2D eigenvalue weighted by molar-refractivity contribution is -0.121. The van der Waals surface area contributed by atoms with Gasteiger partial charge in [0.2, 0.25) is 5.91 Å². The molecule has 2 aliphatic rings. The first kappa shape index (κ1) is 21.9. The maximum Gasteiger partial charge on any atom is 0.220 e. The summed E-state index contributed by atoms with van der Waals surface area (Å²) in [5.74, 6) is 0.214. The number of piperazine rings is 1. The minimum atomic E-state index is 0. The highest BCUT2D eigenvalue weighted by atomic mass is 35.5. The van der Waals surface area contributed by atoms with Crippen LogP contribution in [0.15, 0.2) is 0 Å². The van der Waals surface area contributed by atoms with Crippen LogP contribution in [0.4, 0.5) is 0 Å². The Kier molecular flexibility index (Phi) is 12.3. The summed E-state index contributed by atoms with van der Waals surface area (Å²) < 4.78 is 0. The van der Waals surface area contributed by atoms with Crippen LogP contribution in [-0.2, 0) is 4.79 Å². The van der Waals surface area contributed by atoms with Crippen molar-refractivity contribution in [3.8, 4) is 0 Å². The summed E-state index contributed by atoms with van der Waals surface area (Å²) in [6.07, 6.45) is 4.29. The highest BCUT2D eigenvalue weighted by Gasteiger charge is 2.18. The third-order valence-electron chi connectivity index (χ3n) is 4.51. The lowest BCUT2D eigenvalue weighted by Crippen LogP contribution is -2.46. The molecule has 0 radical (unpaired) electrons. The number of nitrogens with one attached hydrogen (secondary N) is 2. The predicted octanol–water partition coefficient (Wildman–Crippen LogP) is 1.12. The number of carbonyl (C=O) groups excluding carboxylic acids is 1. The first-order valence-electron chi connectivity index (χ1n) is 8.19. The molecule has 0 aromatic heterocycles. The highest BCUT2D eigenvalue weighted by molar-refractivity contribution is 5.85. The van der Waals surface area contributed by atoms with E-state index in [0.717, 1.165) is 45.7 Å². The molecular weight excluding hydrogens is 323 g/mol. The number of carbonyl (C=O) groups is 1. The van der Waals surface area contributed by atoms with Crippen molar-refractivity contribution < 1.29 is 4.79 Å². The highest BCUT2D eigenvalue weighted by Crippen LogP contribution is 2.14. The van der Waals surface area contributed by atoms with Crippen LogP contribution < -0.4 is 10.6 Å². The van der Waals surface area contributed by atoms with E-state index in [1.165, 1.54) is 25.9 Å². The molecule has 2 N–H and O–H groups in total. The van der Waals surface area contributed by atoms with Gasteiger partial charge in [-0.1, -0.05) is 0 Å². The van der Waals surface area contributed by atoms with Gasteiger partial charge in [0.25, 0.3) is 0 Å². The van der Waals surface area contributed by atoms with Gasteiger partial charge in [-0.2, -0.15) is 0 Å². The molecule has 22 heavy (non-hydrogen) atoms. The van der Waals surface area contributed by atoms with Gasteiger partial charge in [-0.3, -0.25) is 9.69 Å². The Labute approximate surface area is 147 Å². The zero-order valence-corrected chi connectivity index (χ0v) is 15.3. The minimum absolute atomic E-state index is 0. The number of hydrogen-bond acceptors (Lipinski definition) is 4. The first-order valence-corrected chi connectivity index (χ1v) is 8.19. The average Bonchev–Trinajstić information content (AvgIpc) is 3.00. The summed E-state index contributed by atoms with van der Waals surface area (Å²) in [4.78, 5) is 16.8. The van der Waals surface area contributed by atoms with Crippen molar-refractivity contribution >= 4 is 30.7 Å². The van der Waals surface area contributed by atoms with Gasteiger partial charge in [-0.05, 0) is 39.3 Å². The zero-order chi connectivity index (χ0) is 14.2. The molecule has 132 valence electrons. The molecule has 7 heteroatoms. The lowest BCUT2D eigenvalue weighted by atomic mass is 10.1. The van der Waals surface area contributed by atoms with Crippen molar-refractivity contribution in [1.29, 1.82) is 0 Å². The average molecular weight is 355 g/mol. The fraction of sp³-hybridized carbons (Fsp3) is 0.933. The Bertz CT molecular complexity index is 295. The van der Waals surface area contributed by atoms with Crippen LogP contribution in [0, 0.1) is 0 Å². The van der Waals surface area contributed by atoms with Crippen molar-refractivity contribution in [1.82, 2.24) is 20.4 Å². The van der Waals surface area contributed by atoms with Crippen molar-refractivity contribution in [2.45, 2.75) is 38.6 Å². The summed E-state index contributed by atoms with van der Waals surface area (Å²) in [5.41, 5.74) is 0. The molecule has 2 fully saturated rings. The van der Waals surface area contributed by atoms with Gasteiger partial charge in [0.15, 0.2) is 0 Å². The van der Waals surface area contributed by atoms with Crippen LogP contribution >= 0.6 is 24.8 Å². The van der Waals surface area contributed by atoms with E-state index in [1.54, 1.807) is 0 Å². The van der Waals surface area contributed by atoms with Crippen LogP contribution in [0.2, 0.25) is 0 Å². The van der Waals surface area contributed by atoms with Gasteiger partial charge in [0, 0.05) is 51.7 Å². The molecule has 2 saturated heterocycles. The molecule has 0 aromatic carbocycles. The van der Waals surface area contributed by atoms with Crippen molar-refractivity contribution in [2.24, 2.45) is 0 Å². The normalized spacial score (nSPS) is 20.8. The Morgan fingerprint density at radius 1 is 1.14 bits per heavy atom. The molecule has 1 unspecified atom stereocenters. The summed E-state index contributed by atoms with van der Waals surface area (Å²) in [7, 11) is 0. The van der Waals surface area contributed by atoms with E-state index in [1.807, 2.05) is 0 Å². The molecule has 0 bridgehead atoms. The summed E-state index contributed by atoms with van der Waals surface area (Å²) in [5, 5.41) is 6.40. The molecule has 2 aliphatic heterocycles. The summed E-state index contributed by atoms with van der Waals surface area (Å²) in [6, 6.07) is 0.552. The number of hydrogen-bond donors (Lipinski definition) is 2. The van der Waals surface area contributed by atoms with Crippen molar-refractivity contribution in [3.05, 3.63) is 0 Å². The van der Waals surface area contributed by atoms with E-state index < -0.39 is 0 Å². The SMILES string of the molecule is CC(CCC(=O)NCCN1CCNCC1)N1CCCC1.Cl.Cl. The van der Waals surface area contributed by atoms with Crippen LogP contribution in [0.3, 0.4) is 0 Å². The number of likely N-dealkylation sites (tertiary alicyclic amines) is 1. The summed E-state index contributed by atoms with van der Waals surface area (Å²) in [6.45, 7) is 10.8. The van der Waals surface area contributed by atoms with Gasteiger partial charge in [-0.15, -0.1) is 24.8 Å². The van der Waals surface area contributed by atoms with Crippen LogP contribution in [-0.4, -0.2) is 74.1 Å². The predicted molar refractivity (Wildman–Crippen MR) is 96.3 cm³/mol. The van der Waals surface area contributed by atoms with E-state index in [0.29, 0.717) is 12.5 Å². The van der Waals surface area contributed by atoms with Gasteiger partial charge >= 0.3 is 0 Å². The smallest absolute Gasteiger partial charge is 0.220 e. The van der Waals surface area contributed by atoms with Gasteiger partial charge in [0.05, 0.1) is 0 Å². The number of rotatable bonds is 7. The number of halogens is 2. The monoisotopic (exact) mass is 354 g/mol. The van der Waals surface area contributed by atoms with Gasteiger partial charge < -0.3 is 15.5 Å². The Morgan fingerprint density at radius 3 is 2.41 bits per heavy atom. The third-order valence-corrected chi connectivity index (χ3v) is 4.51. The maximum atomic E-state index is 11.8. The molecule has 0 saturated carbocycles. The van der Waals surface area contributed by atoms with E-state index >= 15 is 0 Å². The molecular formula is C15H32Cl2N4O.